The Balaban J connectivity index is 1.61. The van der Waals surface area contributed by atoms with Gasteiger partial charge in [-0.3, -0.25) is 9.48 Å². The van der Waals surface area contributed by atoms with Crippen molar-refractivity contribution in [2.24, 2.45) is 7.05 Å². The molecule has 7 heteroatoms. The van der Waals surface area contributed by atoms with Crippen LogP contribution in [0.5, 0.6) is 0 Å². The number of aromatic nitrogens is 2. The van der Waals surface area contributed by atoms with Gasteiger partial charge in [-0.25, -0.2) is 4.58 Å². The first-order chi connectivity index (χ1) is 14.1. The van der Waals surface area contributed by atoms with Crippen molar-refractivity contribution in [2.75, 3.05) is 12.4 Å². The Morgan fingerprint density at radius 3 is 2.67 bits per heavy atom. The summed E-state index contributed by atoms with van der Waals surface area (Å²) in [5, 5.41) is 15.1. The first kappa shape index (κ1) is 21.4. The molecule has 0 spiro atoms. The molecule has 1 unspecified atom stereocenters. The molecule has 1 amide bonds. The molecule has 1 atom stereocenters. The predicted octanol–water partition coefficient (Wildman–Crippen LogP) is 4.03. The molecule has 1 aliphatic rings. The molecule has 0 fully saturated rings. The largest absolute Gasteiger partial charge is 0.683 e. The lowest BCUT2D eigenvalue weighted by molar-refractivity contribution is -0.429. The SMILES string of the molecule is CC([N-]C=CNC1=C[N+](C)=C1)c1cccc(NC(=O)c2cc(C(C)(C)C)nn2C)c1. The summed E-state index contributed by atoms with van der Waals surface area (Å²) in [6.07, 6.45) is 7.55. The third-order valence-electron chi connectivity index (χ3n) is 4.83. The fourth-order valence-electron chi connectivity index (χ4n) is 3.01. The zero-order valence-corrected chi connectivity index (χ0v) is 18.5. The average molecular weight is 407 g/mol. The zero-order valence-electron chi connectivity index (χ0n) is 18.5. The van der Waals surface area contributed by atoms with E-state index in [0.29, 0.717) is 5.69 Å². The maximum atomic E-state index is 12.8. The fraction of sp³-hybridized carbons (Fsp3) is 0.348. The molecule has 0 saturated heterocycles. The molecular weight excluding hydrogens is 376 g/mol. The quantitative estimate of drug-likeness (QED) is 0.682. The van der Waals surface area contributed by atoms with E-state index in [2.05, 4.69) is 41.8 Å². The van der Waals surface area contributed by atoms with Gasteiger partial charge in [0.1, 0.15) is 12.7 Å². The van der Waals surface area contributed by atoms with Gasteiger partial charge >= 0.3 is 0 Å². The van der Waals surface area contributed by atoms with Crippen LogP contribution in [-0.2, 0) is 12.5 Å². The average Bonchev–Trinajstić information content (AvgIpc) is 3.06. The van der Waals surface area contributed by atoms with Crippen molar-refractivity contribution in [3.63, 3.8) is 0 Å². The topological polar surface area (TPSA) is 76.1 Å². The van der Waals surface area contributed by atoms with E-state index >= 15 is 0 Å². The number of carbonyl (C=O) groups excluding carboxylic acids is 1. The number of benzene rings is 1. The van der Waals surface area contributed by atoms with Crippen LogP contribution in [0.25, 0.3) is 5.32 Å². The number of carbonyl (C=O) groups is 1. The van der Waals surface area contributed by atoms with Crippen LogP contribution in [0.1, 0.15) is 55.5 Å². The molecule has 2 N–H and O–H groups in total. The molecule has 3 rings (SSSR count). The number of amides is 1. The zero-order chi connectivity index (χ0) is 21.9. The van der Waals surface area contributed by atoms with Crippen molar-refractivity contribution in [1.82, 2.24) is 15.1 Å². The van der Waals surface area contributed by atoms with Gasteiger partial charge in [-0.2, -0.15) is 11.3 Å². The van der Waals surface area contributed by atoms with Gasteiger partial charge in [0.2, 0.25) is 0 Å². The van der Waals surface area contributed by atoms with Crippen molar-refractivity contribution in [1.29, 1.82) is 0 Å². The maximum absolute atomic E-state index is 12.8. The van der Waals surface area contributed by atoms with E-state index < -0.39 is 0 Å². The number of aryl methyl sites for hydroxylation is 1. The summed E-state index contributed by atoms with van der Waals surface area (Å²) in [7, 11) is 3.77. The first-order valence-corrected chi connectivity index (χ1v) is 9.99. The number of anilines is 1. The lowest BCUT2D eigenvalue weighted by Crippen LogP contribution is -2.21. The van der Waals surface area contributed by atoms with E-state index in [1.165, 1.54) is 0 Å². The molecule has 30 heavy (non-hydrogen) atoms. The summed E-state index contributed by atoms with van der Waals surface area (Å²) >= 11 is 0. The minimum Gasteiger partial charge on any atom is -0.683 e. The van der Waals surface area contributed by atoms with E-state index in [9.17, 15) is 4.79 Å². The lowest BCUT2D eigenvalue weighted by Gasteiger charge is -2.26. The van der Waals surface area contributed by atoms with Gasteiger partial charge in [0.15, 0.2) is 18.1 Å². The number of rotatable bonds is 7. The molecule has 1 aromatic carbocycles. The van der Waals surface area contributed by atoms with E-state index in [1.54, 1.807) is 17.9 Å². The molecule has 1 aliphatic heterocycles. The maximum Gasteiger partial charge on any atom is 0.273 e. The van der Waals surface area contributed by atoms with Crippen molar-refractivity contribution in [3.05, 3.63) is 76.9 Å². The van der Waals surface area contributed by atoms with Crippen LogP contribution < -0.4 is 10.6 Å². The Hall–Kier alpha value is -3.35. The van der Waals surface area contributed by atoms with Gasteiger partial charge in [0.25, 0.3) is 5.91 Å². The van der Waals surface area contributed by atoms with Crippen molar-refractivity contribution < 1.29 is 9.37 Å². The van der Waals surface area contributed by atoms with E-state index in [4.69, 9.17) is 0 Å². The summed E-state index contributed by atoms with van der Waals surface area (Å²) in [6.45, 7) is 8.25. The van der Waals surface area contributed by atoms with Gasteiger partial charge in [-0.1, -0.05) is 51.4 Å². The smallest absolute Gasteiger partial charge is 0.273 e. The third kappa shape index (κ3) is 5.17. The summed E-state index contributed by atoms with van der Waals surface area (Å²) in [4.78, 5) is 12.8. The highest BCUT2D eigenvalue weighted by molar-refractivity contribution is 6.03. The Morgan fingerprint density at radius 1 is 1.30 bits per heavy atom. The van der Waals surface area contributed by atoms with Crippen LogP contribution in [-0.4, -0.2) is 33.5 Å². The van der Waals surface area contributed by atoms with E-state index in [-0.39, 0.29) is 17.4 Å². The molecule has 2 heterocycles. The normalized spacial score (nSPS) is 14.6. The second kappa shape index (κ2) is 8.57. The van der Waals surface area contributed by atoms with Crippen LogP contribution in [0.3, 0.4) is 0 Å². The number of hydrogen-bond donors (Lipinski definition) is 2. The fourth-order valence-corrected chi connectivity index (χ4v) is 3.01. The Bertz CT molecular complexity index is 1020. The first-order valence-electron chi connectivity index (χ1n) is 9.99. The van der Waals surface area contributed by atoms with Gasteiger partial charge in [0, 0.05) is 18.2 Å². The Kier molecular flexibility index (Phi) is 6.10. The second-order valence-electron chi connectivity index (χ2n) is 8.53. The van der Waals surface area contributed by atoms with Crippen molar-refractivity contribution in [2.45, 2.75) is 39.2 Å². The van der Waals surface area contributed by atoms with Gasteiger partial charge in [-0.05, 0) is 24.4 Å². The van der Waals surface area contributed by atoms with Crippen LogP contribution in [0.2, 0.25) is 0 Å². The van der Waals surface area contributed by atoms with Crippen molar-refractivity contribution in [3.8, 4) is 0 Å². The molecule has 158 valence electrons. The molecule has 1 aromatic heterocycles. The summed E-state index contributed by atoms with van der Waals surface area (Å²) < 4.78 is 3.60. The molecule has 7 nitrogen and oxygen atoms in total. The van der Waals surface area contributed by atoms with Gasteiger partial charge in [0.05, 0.1) is 5.69 Å². The predicted molar refractivity (Wildman–Crippen MR) is 121 cm³/mol. The van der Waals surface area contributed by atoms with Gasteiger partial charge in [-0.15, -0.1) is 0 Å². The lowest BCUT2D eigenvalue weighted by atomic mass is 9.92. The van der Waals surface area contributed by atoms with Crippen molar-refractivity contribution >= 4 is 17.8 Å². The summed E-state index contributed by atoms with van der Waals surface area (Å²) in [5.74, 6) is -0.179. The highest BCUT2D eigenvalue weighted by atomic mass is 16.2. The van der Waals surface area contributed by atoms with Crippen LogP contribution in [0.4, 0.5) is 5.69 Å². The van der Waals surface area contributed by atoms with Gasteiger partial charge < -0.3 is 16.0 Å². The standard InChI is InChI=1S/C23H30N6O/c1-16(24-10-11-25-19-14-28(5)15-19)17-8-7-9-18(12-17)26-22(30)20-13-21(23(2,3)4)27-29(20)6/h7-16H,1-6H3,(H2-,24,25,26,27,30). The number of hydrogen-bond acceptors (Lipinski definition) is 3. The van der Waals surface area contributed by atoms with E-state index in [0.717, 1.165) is 22.6 Å². The highest BCUT2D eigenvalue weighted by Crippen LogP contribution is 2.25. The van der Waals surface area contributed by atoms with Crippen LogP contribution >= 0.6 is 0 Å². The summed E-state index contributed by atoms with van der Waals surface area (Å²) in [5.41, 5.74) is 4.11. The molecule has 2 aromatic rings. The molecule has 0 saturated carbocycles. The highest BCUT2D eigenvalue weighted by Gasteiger charge is 2.21. The second-order valence-corrected chi connectivity index (χ2v) is 8.53. The Morgan fingerprint density at radius 2 is 2.03 bits per heavy atom. The monoisotopic (exact) mass is 406 g/mol. The molecular formula is C23H30N6O. The minimum absolute atomic E-state index is 0.0360. The number of allylic oxidation sites excluding steroid dienone is 1. The summed E-state index contributed by atoms with van der Waals surface area (Å²) in [6, 6.07) is 9.57. The van der Waals surface area contributed by atoms with E-state index in [1.807, 2.05) is 67.5 Å². The molecule has 0 aliphatic carbocycles. The molecule has 0 bridgehead atoms. The van der Waals surface area contributed by atoms with Crippen LogP contribution in [0.15, 0.2) is 54.6 Å². The van der Waals surface area contributed by atoms with Crippen LogP contribution in [0, 0.1) is 0 Å². The molecule has 0 radical (unpaired) electrons. The third-order valence-corrected chi connectivity index (χ3v) is 4.83. The number of nitrogens with zero attached hydrogens (tertiary/aromatic N) is 4. The minimum atomic E-state index is -0.179. The Labute approximate surface area is 178 Å². The number of nitrogens with one attached hydrogen (secondary N) is 2.